The third-order valence-electron chi connectivity index (χ3n) is 3.56. The van der Waals surface area contributed by atoms with Crippen LogP contribution in [-0.2, 0) is 11.3 Å². The second-order valence-corrected chi connectivity index (χ2v) is 7.66. The normalized spacial score (nSPS) is 12.2. The average Bonchev–Trinajstić information content (AvgIpc) is 3.15. The van der Waals surface area contributed by atoms with E-state index in [4.69, 9.17) is 11.6 Å². The molecule has 130 valence electrons. The van der Waals surface area contributed by atoms with Crippen LogP contribution in [0.4, 0.5) is 5.82 Å². The maximum Gasteiger partial charge on any atom is 0.250 e. The first-order chi connectivity index (χ1) is 11.9. The van der Waals surface area contributed by atoms with Gasteiger partial charge in [0.15, 0.2) is 5.82 Å². The second-order valence-electron chi connectivity index (χ2n) is 5.45. The molecule has 1 unspecified atom stereocenters. The van der Waals surface area contributed by atoms with Gasteiger partial charge in [-0.3, -0.25) is 14.2 Å². The summed E-state index contributed by atoms with van der Waals surface area (Å²) in [4.78, 5) is 12.4. The van der Waals surface area contributed by atoms with Crippen molar-refractivity contribution in [2.45, 2.75) is 19.5 Å². The number of carbonyl (C=O) groups excluding carboxylic acids is 1. The summed E-state index contributed by atoms with van der Waals surface area (Å²) < 4.78 is 4.86. The van der Waals surface area contributed by atoms with Gasteiger partial charge in [-0.1, -0.05) is 23.7 Å². The van der Waals surface area contributed by atoms with Gasteiger partial charge in [0.1, 0.15) is 6.04 Å². The number of benzene rings is 1. The van der Waals surface area contributed by atoms with Gasteiger partial charge < -0.3 is 5.32 Å². The Morgan fingerprint density at radius 2 is 2.00 bits per heavy atom. The molecule has 0 saturated heterocycles. The predicted molar refractivity (Wildman–Crippen MR) is 104 cm³/mol. The van der Waals surface area contributed by atoms with Crippen molar-refractivity contribution in [2.24, 2.45) is 0 Å². The maximum atomic E-state index is 12.4. The molecule has 3 aromatic rings. The van der Waals surface area contributed by atoms with Crippen molar-refractivity contribution in [1.29, 1.82) is 0 Å². The van der Waals surface area contributed by atoms with Crippen LogP contribution in [-0.4, -0.2) is 25.5 Å². The highest BCUT2D eigenvalue weighted by Gasteiger charge is 2.18. The number of aromatic nitrogens is 4. The van der Waals surface area contributed by atoms with E-state index in [0.717, 1.165) is 10.0 Å². The van der Waals surface area contributed by atoms with Crippen molar-refractivity contribution in [1.82, 2.24) is 19.6 Å². The number of hydrogen-bond donors (Lipinski definition) is 1. The maximum absolute atomic E-state index is 12.4. The Hall–Kier alpha value is -1.64. The summed E-state index contributed by atoms with van der Waals surface area (Å²) in [6.45, 7) is 2.35. The first kappa shape index (κ1) is 18.2. The molecule has 1 atom stereocenters. The Labute approximate surface area is 166 Å². The number of amides is 1. The molecule has 25 heavy (non-hydrogen) atoms. The lowest BCUT2D eigenvalue weighted by atomic mass is 10.2. The quantitative estimate of drug-likeness (QED) is 0.576. The number of anilines is 1. The summed E-state index contributed by atoms with van der Waals surface area (Å²) in [6.07, 6.45) is 5.21. The van der Waals surface area contributed by atoms with Crippen molar-refractivity contribution in [3.05, 3.63) is 62.4 Å². The van der Waals surface area contributed by atoms with Gasteiger partial charge in [-0.05, 0) is 56.5 Å². The summed E-state index contributed by atoms with van der Waals surface area (Å²) in [5.41, 5.74) is 1.06. The van der Waals surface area contributed by atoms with Crippen molar-refractivity contribution >= 4 is 55.2 Å². The monoisotopic (exact) mass is 485 g/mol. The molecule has 3 rings (SSSR count). The molecule has 1 N–H and O–H groups in total. The minimum atomic E-state index is -0.459. The van der Waals surface area contributed by atoms with E-state index in [-0.39, 0.29) is 5.91 Å². The molecule has 2 aromatic heterocycles. The van der Waals surface area contributed by atoms with E-state index in [1.165, 1.54) is 0 Å². The number of nitrogens with zero attached hydrogens (tertiary/aromatic N) is 4. The molecule has 0 aliphatic rings. The zero-order valence-electron chi connectivity index (χ0n) is 13.2. The predicted octanol–water partition coefficient (Wildman–Crippen LogP) is 4.51. The molecular formula is C16H14Br2ClN5O. The number of rotatable bonds is 5. The van der Waals surface area contributed by atoms with E-state index in [2.05, 4.69) is 47.4 Å². The Morgan fingerprint density at radius 3 is 2.64 bits per heavy atom. The van der Waals surface area contributed by atoms with Gasteiger partial charge in [0.2, 0.25) is 5.91 Å². The molecule has 1 aromatic carbocycles. The van der Waals surface area contributed by atoms with Crippen molar-refractivity contribution in [2.75, 3.05) is 5.32 Å². The van der Waals surface area contributed by atoms with Crippen LogP contribution in [0.15, 0.2) is 51.8 Å². The van der Waals surface area contributed by atoms with E-state index < -0.39 is 6.04 Å². The third kappa shape index (κ3) is 4.50. The lowest BCUT2D eigenvalue weighted by molar-refractivity contribution is -0.119. The van der Waals surface area contributed by atoms with E-state index in [0.29, 0.717) is 21.9 Å². The fourth-order valence-electron chi connectivity index (χ4n) is 2.21. The molecular weight excluding hydrogens is 473 g/mol. The molecule has 6 nitrogen and oxygen atoms in total. The molecule has 9 heteroatoms. The van der Waals surface area contributed by atoms with Gasteiger partial charge in [0.05, 0.1) is 21.7 Å². The van der Waals surface area contributed by atoms with E-state index in [1.54, 1.807) is 28.7 Å². The zero-order valence-corrected chi connectivity index (χ0v) is 17.1. The van der Waals surface area contributed by atoms with E-state index in [9.17, 15) is 4.79 Å². The number of hydrogen-bond acceptors (Lipinski definition) is 3. The van der Waals surface area contributed by atoms with Crippen molar-refractivity contribution < 1.29 is 4.79 Å². The summed E-state index contributed by atoms with van der Waals surface area (Å²) in [5.74, 6) is 0.269. The van der Waals surface area contributed by atoms with Gasteiger partial charge in [-0.2, -0.15) is 10.2 Å². The Bertz CT molecular complexity index is 890. The standard InChI is InChI=1S/C16H14Br2ClN5O/c1-10(24-8-12(17)6-20-24)16(25)21-15-14(18)9-23(22-15)7-11-2-4-13(19)5-3-11/h2-6,8-10H,7H2,1H3,(H,21,22,25). The fraction of sp³-hybridized carbons (Fsp3) is 0.188. The van der Waals surface area contributed by atoms with Crippen molar-refractivity contribution in [3.8, 4) is 0 Å². The Balaban J connectivity index is 1.69. The van der Waals surface area contributed by atoms with E-state index >= 15 is 0 Å². The van der Waals surface area contributed by atoms with Crippen LogP contribution in [0.25, 0.3) is 0 Å². The highest BCUT2D eigenvalue weighted by molar-refractivity contribution is 9.10. The largest absolute Gasteiger partial charge is 0.306 e. The molecule has 1 amide bonds. The highest BCUT2D eigenvalue weighted by atomic mass is 79.9. The van der Waals surface area contributed by atoms with Crippen LogP contribution in [0.2, 0.25) is 5.02 Å². The van der Waals surface area contributed by atoms with Crippen molar-refractivity contribution in [3.63, 3.8) is 0 Å². The van der Waals surface area contributed by atoms with Crippen LogP contribution >= 0.6 is 43.5 Å². The smallest absolute Gasteiger partial charge is 0.250 e. The van der Waals surface area contributed by atoms with Crippen LogP contribution in [0.3, 0.4) is 0 Å². The van der Waals surface area contributed by atoms with Gasteiger partial charge in [0.25, 0.3) is 0 Å². The zero-order chi connectivity index (χ0) is 18.0. The van der Waals surface area contributed by atoms with Crippen LogP contribution in [0.1, 0.15) is 18.5 Å². The van der Waals surface area contributed by atoms with Crippen LogP contribution in [0.5, 0.6) is 0 Å². The van der Waals surface area contributed by atoms with E-state index in [1.807, 2.05) is 30.5 Å². The topological polar surface area (TPSA) is 64.7 Å². The third-order valence-corrected chi connectivity index (χ3v) is 4.80. The second kappa shape index (κ2) is 7.72. The van der Waals surface area contributed by atoms with Gasteiger partial charge in [-0.25, -0.2) is 0 Å². The summed E-state index contributed by atoms with van der Waals surface area (Å²) >= 11 is 12.6. The van der Waals surface area contributed by atoms with Gasteiger partial charge in [0, 0.05) is 17.4 Å². The minimum absolute atomic E-state index is 0.201. The molecule has 0 radical (unpaired) electrons. The first-order valence-corrected chi connectivity index (χ1v) is 9.36. The summed E-state index contributed by atoms with van der Waals surface area (Å²) in [5, 5.41) is 12.1. The minimum Gasteiger partial charge on any atom is -0.306 e. The molecule has 0 fully saturated rings. The lowest BCUT2D eigenvalue weighted by Crippen LogP contribution is -2.24. The molecule has 0 saturated carbocycles. The molecule has 0 aliphatic heterocycles. The van der Waals surface area contributed by atoms with Gasteiger partial charge in [-0.15, -0.1) is 0 Å². The summed E-state index contributed by atoms with van der Waals surface area (Å²) in [6, 6.07) is 7.09. The van der Waals surface area contributed by atoms with Crippen LogP contribution < -0.4 is 5.32 Å². The first-order valence-electron chi connectivity index (χ1n) is 7.40. The van der Waals surface area contributed by atoms with Crippen LogP contribution in [0, 0.1) is 0 Å². The molecule has 0 spiro atoms. The number of carbonyl (C=O) groups is 1. The Kier molecular flexibility index (Phi) is 5.61. The summed E-state index contributed by atoms with van der Waals surface area (Å²) in [7, 11) is 0. The van der Waals surface area contributed by atoms with Gasteiger partial charge >= 0.3 is 0 Å². The highest BCUT2D eigenvalue weighted by Crippen LogP contribution is 2.22. The fourth-order valence-corrected chi connectivity index (χ4v) is 3.05. The number of nitrogens with one attached hydrogen (secondary N) is 1. The number of halogens is 3. The SMILES string of the molecule is CC(C(=O)Nc1nn(Cc2ccc(Cl)cc2)cc1Br)n1cc(Br)cn1. The lowest BCUT2D eigenvalue weighted by Gasteiger charge is -2.11. The molecule has 0 aliphatic carbocycles. The Morgan fingerprint density at radius 1 is 1.28 bits per heavy atom. The average molecular weight is 488 g/mol. The molecule has 0 bridgehead atoms. The molecule has 2 heterocycles.